The van der Waals surface area contributed by atoms with Crippen molar-refractivity contribution in [2.75, 3.05) is 0 Å². The molecular formula is C17H15N3O4. The van der Waals surface area contributed by atoms with E-state index in [1.54, 1.807) is 6.92 Å². The quantitative estimate of drug-likeness (QED) is 0.683. The van der Waals surface area contributed by atoms with Gasteiger partial charge in [0.2, 0.25) is 5.89 Å². The van der Waals surface area contributed by atoms with Gasteiger partial charge in [0.1, 0.15) is 18.1 Å². The number of aromatic nitrogens is 3. The van der Waals surface area contributed by atoms with Crippen molar-refractivity contribution in [1.82, 2.24) is 14.8 Å². The molecule has 0 N–H and O–H groups in total. The summed E-state index contributed by atoms with van der Waals surface area (Å²) in [5, 5.41) is 3.85. The number of hydrogen-bond donors (Lipinski definition) is 0. The first-order chi connectivity index (χ1) is 11.5. The van der Waals surface area contributed by atoms with Gasteiger partial charge in [0.25, 0.3) is 5.56 Å². The second kappa shape index (κ2) is 6.49. The highest BCUT2D eigenvalue weighted by atomic mass is 16.5. The fourth-order valence-electron chi connectivity index (χ4n) is 2.09. The number of hydrogen-bond acceptors (Lipinski definition) is 6. The Morgan fingerprint density at radius 3 is 2.67 bits per heavy atom. The minimum Gasteiger partial charge on any atom is -0.454 e. The van der Waals surface area contributed by atoms with Crippen LogP contribution >= 0.6 is 0 Å². The number of benzene rings is 1. The molecule has 0 unspecified atom stereocenters. The number of rotatable bonds is 4. The third-order valence-corrected chi connectivity index (χ3v) is 3.42. The van der Waals surface area contributed by atoms with Gasteiger partial charge >= 0.3 is 5.97 Å². The minimum absolute atomic E-state index is 0.0362. The summed E-state index contributed by atoms with van der Waals surface area (Å²) in [5.41, 5.74) is 1.14. The van der Waals surface area contributed by atoms with E-state index >= 15 is 0 Å². The molecule has 0 saturated heterocycles. The van der Waals surface area contributed by atoms with Crippen molar-refractivity contribution in [2.45, 2.75) is 13.5 Å². The van der Waals surface area contributed by atoms with Crippen molar-refractivity contribution in [1.29, 1.82) is 0 Å². The first-order valence-electron chi connectivity index (χ1n) is 7.28. The highest BCUT2D eigenvalue weighted by molar-refractivity contribution is 5.86. The summed E-state index contributed by atoms with van der Waals surface area (Å²) in [7, 11) is 1.47. The molecule has 2 aromatic heterocycles. The average Bonchev–Trinajstić information content (AvgIpc) is 2.97. The Labute approximate surface area is 137 Å². The van der Waals surface area contributed by atoms with E-state index in [2.05, 4.69) is 10.1 Å². The van der Waals surface area contributed by atoms with Crippen LogP contribution in [0.3, 0.4) is 0 Å². The van der Waals surface area contributed by atoms with E-state index < -0.39 is 5.97 Å². The molecule has 7 nitrogen and oxygen atoms in total. The minimum atomic E-state index is -0.630. The highest BCUT2D eigenvalue weighted by Gasteiger charge is 2.15. The van der Waals surface area contributed by atoms with Crippen molar-refractivity contribution in [3.8, 4) is 11.5 Å². The van der Waals surface area contributed by atoms with Gasteiger partial charge in [-0.1, -0.05) is 18.2 Å². The van der Waals surface area contributed by atoms with E-state index in [0.29, 0.717) is 17.3 Å². The van der Waals surface area contributed by atoms with Crippen molar-refractivity contribution < 1.29 is 13.9 Å². The van der Waals surface area contributed by atoms with Crippen LogP contribution in [0.15, 0.2) is 51.7 Å². The molecule has 7 heteroatoms. The second-order valence-electron chi connectivity index (χ2n) is 5.14. The highest BCUT2D eigenvalue weighted by Crippen LogP contribution is 2.21. The molecule has 24 heavy (non-hydrogen) atoms. The van der Waals surface area contributed by atoms with E-state index in [4.69, 9.17) is 9.15 Å². The van der Waals surface area contributed by atoms with Gasteiger partial charge in [0, 0.05) is 18.7 Å². The normalized spacial score (nSPS) is 10.6. The Morgan fingerprint density at radius 2 is 1.96 bits per heavy atom. The summed E-state index contributed by atoms with van der Waals surface area (Å²) >= 11 is 0. The second-order valence-corrected chi connectivity index (χ2v) is 5.14. The van der Waals surface area contributed by atoms with Crippen molar-refractivity contribution in [3.05, 3.63) is 70.0 Å². The Bertz CT molecular complexity index is 929. The van der Waals surface area contributed by atoms with Gasteiger partial charge in [-0.2, -0.15) is 5.10 Å². The van der Waals surface area contributed by atoms with Crippen LogP contribution in [0, 0.1) is 6.92 Å². The van der Waals surface area contributed by atoms with Crippen LogP contribution in [0.1, 0.15) is 21.9 Å². The first kappa shape index (κ1) is 15.7. The molecule has 0 amide bonds. The number of carbonyl (C=O) groups excluding carboxylic acids is 1. The SMILES string of the molecule is Cc1oc(-c2ccccc2)nc1COC(=O)c1ccc(=O)n(C)n1. The number of oxazole rings is 1. The maximum Gasteiger partial charge on any atom is 0.359 e. The lowest BCUT2D eigenvalue weighted by atomic mass is 10.2. The van der Waals surface area contributed by atoms with Gasteiger partial charge in [-0.3, -0.25) is 4.79 Å². The standard InChI is InChI=1S/C17H15N3O4/c1-11-14(18-16(24-11)12-6-4-3-5-7-12)10-23-17(22)13-8-9-15(21)20(2)19-13/h3-9H,10H2,1-2H3. The molecule has 1 aromatic carbocycles. The zero-order chi connectivity index (χ0) is 17.1. The molecule has 0 aliphatic heterocycles. The van der Waals surface area contributed by atoms with Gasteiger partial charge in [0.05, 0.1) is 0 Å². The van der Waals surface area contributed by atoms with Gasteiger partial charge in [-0.05, 0) is 25.1 Å². The summed E-state index contributed by atoms with van der Waals surface area (Å²) in [6.45, 7) is 1.72. The third-order valence-electron chi connectivity index (χ3n) is 3.42. The topological polar surface area (TPSA) is 87.2 Å². The number of carbonyl (C=O) groups is 1. The summed E-state index contributed by atoms with van der Waals surface area (Å²) in [6, 6.07) is 12.0. The summed E-state index contributed by atoms with van der Waals surface area (Å²) < 4.78 is 11.9. The van der Waals surface area contributed by atoms with E-state index in [1.165, 1.54) is 19.2 Å². The van der Waals surface area contributed by atoms with E-state index in [9.17, 15) is 9.59 Å². The number of nitrogens with zero attached hydrogens (tertiary/aromatic N) is 3. The fraction of sp³-hybridized carbons (Fsp3) is 0.176. The largest absolute Gasteiger partial charge is 0.454 e. The lowest BCUT2D eigenvalue weighted by molar-refractivity contribution is 0.0457. The van der Waals surface area contributed by atoms with Gasteiger partial charge < -0.3 is 9.15 Å². The molecule has 0 fully saturated rings. The number of esters is 1. The van der Waals surface area contributed by atoms with Gasteiger partial charge in [0.15, 0.2) is 5.69 Å². The van der Waals surface area contributed by atoms with Crippen LogP contribution in [0.2, 0.25) is 0 Å². The number of aryl methyl sites for hydroxylation is 2. The molecule has 0 atom stereocenters. The Balaban J connectivity index is 1.73. The van der Waals surface area contributed by atoms with Crippen LogP contribution in [0.5, 0.6) is 0 Å². The summed E-state index contributed by atoms with van der Waals surface area (Å²) in [5.74, 6) is 0.420. The summed E-state index contributed by atoms with van der Waals surface area (Å²) in [6.07, 6.45) is 0. The molecule has 122 valence electrons. The molecule has 3 rings (SSSR count). The Hall–Kier alpha value is -3.22. The maximum atomic E-state index is 12.0. The molecule has 0 spiro atoms. The predicted octanol–water partition coefficient (Wildman–Crippen LogP) is 2.10. The first-order valence-corrected chi connectivity index (χ1v) is 7.28. The molecule has 0 aliphatic rings. The summed E-state index contributed by atoms with van der Waals surface area (Å²) in [4.78, 5) is 27.7. The monoisotopic (exact) mass is 325 g/mol. The van der Waals surface area contributed by atoms with Crippen LogP contribution < -0.4 is 5.56 Å². The van der Waals surface area contributed by atoms with Crippen LogP contribution in [0.25, 0.3) is 11.5 Å². The molecule has 0 radical (unpaired) electrons. The lowest BCUT2D eigenvalue weighted by Gasteiger charge is -2.03. The third kappa shape index (κ3) is 3.24. The number of ether oxygens (including phenoxy) is 1. The maximum absolute atomic E-state index is 12.0. The molecular weight excluding hydrogens is 310 g/mol. The lowest BCUT2D eigenvalue weighted by Crippen LogP contribution is -2.21. The Kier molecular flexibility index (Phi) is 4.24. The van der Waals surface area contributed by atoms with Crippen LogP contribution in [0.4, 0.5) is 0 Å². The van der Waals surface area contributed by atoms with Gasteiger partial charge in [-0.25, -0.2) is 14.5 Å². The zero-order valence-electron chi connectivity index (χ0n) is 13.2. The molecule has 2 heterocycles. The predicted molar refractivity (Wildman–Crippen MR) is 85.3 cm³/mol. The van der Waals surface area contributed by atoms with E-state index in [-0.39, 0.29) is 17.9 Å². The van der Waals surface area contributed by atoms with Crippen molar-refractivity contribution in [2.24, 2.45) is 7.05 Å². The average molecular weight is 325 g/mol. The Morgan fingerprint density at radius 1 is 1.21 bits per heavy atom. The fourth-order valence-corrected chi connectivity index (χ4v) is 2.09. The zero-order valence-corrected chi connectivity index (χ0v) is 13.2. The molecule has 0 saturated carbocycles. The molecule has 0 aliphatic carbocycles. The van der Waals surface area contributed by atoms with Crippen molar-refractivity contribution in [3.63, 3.8) is 0 Å². The van der Waals surface area contributed by atoms with Crippen LogP contribution in [-0.2, 0) is 18.4 Å². The van der Waals surface area contributed by atoms with Crippen molar-refractivity contribution >= 4 is 5.97 Å². The van der Waals surface area contributed by atoms with Gasteiger partial charge in [-0.15, -0.1) is 0 Å². The van der Waals surface area contributed by atoms with Crippen LogP contribution in [-0.4, -0.2) is 20.7 Å². The molecule has 3 aromatic rings. The molecule has 0 bridgehead atoms. The van der Waals surface area contributed by atoms with E-state index in [1.807, 2.05) is 30.3 Å². The smallest absolute Gasteiger partial charge is 0.359 e. The van der Waals surface area contributed by atoms with E-state index in [0.717, 1.165) is 10.2 Å².